The maximum absolute atomic E-state index is 11.3. The van der Waals surface area contributed by atoms with Gasteiger partial charge in [-0.25, -0.2) is 4.79 Å². The van der Waals surface area contributed by atoms with Crippen LogP contribution in [0.25, 0.3) is 0 Å². The van der Waals surface area contributed by atoms with Crippen molar-refractivity contribution in [2.75, 3.05) is 19.7 Å². The molecule has 1 atom stereocenters. The Morgan fingerprint density at radius 3 is 2.35 bits per heavy atom. The van der Waals surface area contributed by atoms with E-state index in [1.807, 2.05) is 4.90 Å². The Bertz CT molecular complexity index is 394. The van der Waals surface area contributed by atoms with Crippen LogP contribution in [0.2, 0.25) is 0 Å². The molecule has 0 bridgehead atoms. The van der Waals surface area contributed by atoms with E-state index in [0.29, 0.717) is 32.5 Å². The van der Waals surface area contributed by atoms with Gasteiger partial charge in [0.1, 0.15) is 5.78 Å². The lowest BCUT2D eigenvalue weighted by atomic mass is 10.1. The van der Waals surface area contributed by atoms with Gasteiger partial charge in [-0.15, -0.1) is 13.2 Å². The second-order valence-corrected chi connectivity index (χ2v) is 4.28. The minimum Gasteiger partial charge on any atom is -0.456 e. The lowest BCUT2D eigenvalue weighted by Gasteiger charge is -2.25. The highest BCUT2D eigenvalue weighted by Gasteiger charge is 2.15. The standard InChI is InChI=1S/C16H23NO3/c1-5-12-17(13-6-2)15(9-8-14(4)18)10-11-16(19)20-7-3/h5-6,15H,1-2,7-9,12-13H2,3-4H3/t15-/m0/s1. The lowest BCUT2D eigenvalue weighted by molar-refractivity contribution is -0.136. The maximum atomic E-state index is 11.3. The normalized spacial score (nSPS) is 11.2. The first-order valence-corrected chi connectivity index (χ1v) is 6.68. The number of rotatable bonds is 9. The van der Waals surface area contributed by atoms with Crippen molar-refractivity contribution in [2.45, 2.75) is 32.7 Å². The second-order valence-electron chi connectivity index (χ2n) is 4.28. The summed E-state index contributed by atoms with van der Waals surface area (Å²) in [7, 11) is 0. The molecule has 20 heavy (non-hydrogen) atoms. The molecular formula is C16H23NO3. The third kappa shape index (κ3) is 8.28. The van der Waals surface area contributed by atoms with Gasteiger partial charge in [0.2, 0.25) is 0 Å². The third-order valence-corrected chi connectivity index (χ3v) is 2.55. The highest BCUT2D eigenvalue weighted by molar-refractivity contribution is 5.88. The Morgan fingerprint density at radius 2 is 1.90 bits per heavy atom. The Kier molecular flexibility index (Phi) is 9.98. The summed E-state index contributed by atoms with van der Waals surface area (Å²) in [6.45, 7) is 12.2. The van der Waals surface area contributed by atoms with Gasteiger partial charge in [-0.3, -0.25) is 4.90 Å². The molecule has 0 aromatic heterocycles. The third-order valence-electron chi connectivity index (χ3n) is 2.55. The molecule has 0 aliphatic carbocycles. The SMILES string of the molecule is C=CCN(CC=C)[C@H](C#CC(=O)OCC)CCC(C)=O. The van der Waals surface area contributed by atoms with E-state index in [4.69, 9.17) is 4.74 Å². The maximum Gasteiger partial charge on any atom is 0.384 e. The molecule has 0 N–H and O–H groups in total. The van der Waals surface area contributed by atoms with Crippen molar-refractivity contribution >= 4 is 11.8 Å². The Morgan fingerprint density at radius 1 is 1.30 bits per heavy atom. The van der Waals surface area contributed by atoms with Crippen LogP contribution in [-0.4, -0.2) is 42.4 Å². The number of esters is 1. The average Bonchev–Trinajstić information content (AvgIpc) is 2.39. The van der Waals surface area contributed by atoms with Gasteiger partial charge in [0.05, 0.1) is 12.6 Å². The number of hydrogen-bond donors (Lipinski definition) is 0. The van der Waals surface area contributed by atoms with Crippen LogP contribution in [0.5, 0.6) is 0 Å². The molecule has 0 radical (unpaired) electrons. The van der Waals surface area contributed by atoms with E-state index < -0.39 is 5.97 Å². The Labute approximate surface area is 121 Å². The van der Waals surface area contributed by atoms with E-state index in [-0.39, 0.29) is 11.8 Å². The predicted molar refractivity (Wildman–Crippen MR) is 80.1 cm³/mol. The molecule has 0 heterocycles. The van der Waals surface area contributed by atoms with Crippen LogP contribution in [0, 0.1) is 11.8 Å². The van der Waals surface area contributed by atoms with Gasteiger partial charge < -0.3 is 9.53 Å². The monoisotopic (exact) mass is 277 g/mol. The first-order chi connectivity index (χ1) is 9.54. The van der Waals surface area contributed by atoms with Gasteiger partial charge in [-0.05, 0) is 20.3 Å². The van der Waals surface area contributed by atoms with Crippen molar-refractivity contribution in [2.24, 2.45) is 0 Å². The summed E-state index contributed by atoms with van der Waals surface area (Å²) in [6, 6.07) is -0.195. The fourth-order valence-corrected chi connectivity index (χ4v) is 1.66. The lowest BCUT2D eigenvalue weighted by Crippen LogP contribution is -2.35. The molecule has 0 saturated heterocycles. The summed E-state index contributed by atoms with van der Waals surface area (Å²) in [5.74, 6) is 4.91. The van der Waals surface area contributed by atoms with E-state index in [0.717, 1.165) is 0 Å². The fourth-order valence-electron chi connectivity index (χ4n) is 1.66. The molecule has 0 aliphatic heterocycles. The van der Waals surface area contributed by atoms with Crippen molar-refractivity contribution in [1.29, 1.82) is 0 Å². The van der Waals surface area contributed by atoms with Gasteiger partial charge in [0.15, 0.2) is 0 Å². The number of carbonyl (C=O) groups excluding carboxylic acids is 2. The largest absolute Gasteiger partial charge is 0.456 e. The summed E-state index contributed by atoms with van der Waals surface area (Å²) in [6.07, 6.45) is 4.52. The smallest absolute Gasteiger partial charge is 0.384 e. The highest BCUT2D eigenvalue weighted by atomic mass is 16.5. The van der Waals surface area contributed by atoms with Gasteiger partial charge in [0.25, 0.3) is 0 Å². The van der Waals surface area contributed by atoms with E-state index >= 15 is 0 Å². The number of nitrogens with zero attached hydrogens (tertiary/aromatic N) is 1. The molecule has 0 aromatic carbocycles. The molecule has 0 fully saturated rings. The van der Waals surface area contributed by atoms with E-state index in [1.165, 1.54) is 0 Å². The van der Waals surface area contributed by atoms with Gasteiger partial charge >= 0.3 is 5.97 Å². The zero-order valence-electron chi connectivity index (χ0n) is 12.4. The summed E-state index contributed by atoms with van der Waals surface area (Å²) in [5.41, 5.74) is 0. The molecule has 110 valence electrons. The minimum absolute atomic E-state index is 0.102. The summed E-state index contributed by atoms with van der Waals surface area (Å²) < 4.78 is 4.78. The van der Waals surface area contributed by atoms with Crippen molar-refractivity contribution in [3.63, 3.8) is 0 Å². The summed E-state index contributed by atoms with van der Waals surface area (Å²) >= 11 is 0. The van der Waals surface area contributed by atoms with Crippen LogP contribution < -0.4 is 0 Å². The molecule has 0 aromatic rings. The molecule has 4 heteroatoms. The molecular weight excluding hydrogens is 254 g/mol. The van der Waals surface area contributed by atoms with E-state index in [9.17, 15) is 9.59 Å². The highest BCUT2D eigenvalue weighted by Crippen LogP contribution is 2.07. The molecule has 0 aliphatic rings. The quantitative estimate of drug-likeness (QED) is 0.280. The summed E-state index contributed by atoms with van der Waals surface area (Å²) in [5, 5.41) is 0. The van der Waals surface area contributed by atoms with Crippen LogP contribution in [0.1, 0.15) is 26.7 Å². The fraction of sp³-hybridized carbons (Fsp3) is 0.500. The number of ether oxygens (including phenoxy) is 1. The molecule has 0 spiro atoms. The van der Waals surface area contributed by atoms with Crippen LogP contribution >= 0.6 is 0 Å². The molecule has 4 nitrogen and oxygen atoms in total. The minimum atomic E-state index is -0.544. The molecule has 0 rings (SSSR count). The Hall–Kier alpha value is -1.86. The number of ketones is 1. The van der Waals surface area contributed by atoms with Crippen LogP contribution in [-0.2, 0) is 14.3 Å². The number of Topliss-reactive ketones (excluding diaryl/α,β-unsaturated/α-hetero) is 1. The second kappa shape index (κ2) is 11.0. The van der Waals surface area contributed by atoms with Crippen molar-refractivity contribution in [3.8, 4) is 11.8 Å². The number of hydrogen-bond acceptors (Lipinski definition) is 4. The zero-order chi connectivity index (χ0) is 15.4. The van der Waals surface area contributed by atoms with Gasteiger partial charge in [0, 0.05) is 25.4 Å². The van der Waals surface area contributed by atoms with E-state index in [2.05, 4.69) is 25.0 Å². The van der Waals surface area contributed by atoms with Gasteiger partial charge in [-0.1, -0.05) is 18.1 Å². The predicted octanol–water partition coefficient (Wildman–Crippen LogP) is 1.96. The zero-order valence-corrected chi connectivity index (χ0v) is 12.4. The van der Waals surface area contributed by atoms with Gasteiger partial charge in [-0.2, -0.15) is 0 Å². The Balaban J connectivity index is 4.91. The molecule has 0 saturated carbocycles. The van der Waals surface area contributed by atoms with E-state index in [1.54, 1.807) is 26.0 Å². The summed E-state index contributed by atoms with van der Waals surface area (Å²) in [4.78, 5) is 24.4. The average molecular weight is 277 g/mol. The first-order valence-electron chi connectivity index (χ1n) is 6.68. The van der Waals surface area contributed by atoms with Crippen molar-refractivity contribution < 1.29 is 14.3 Å². The van der Waals surface area contributed by atoms with Crippen molar-refractivity contribution in [1.82, 2.24) is 4.90 Å². The van der Waals surface area contributed by atoms with Crippen LogP contribution in [0.4, 0.5) is 0 Å². The number of carbonyl (C=O) groups is 2. The first kappa shape index (κ1) is 18.1. The molecule has 0 amide bonds. The van der Waals surface area contributed by atoms with Crippen LogP contribution in [0.15, 0.2) is 25.3 Å². The topological polar surface area (TPSA) is 46.6 Å². The molecule has 0 unspecified atom stereocenters. The van der Waals surface area contributed by atoms with Crippen molar-refractivity contribution in [3.05, 3.63) is 25.3 Å². The van der Waals surface area contributed by atoms with Crippen LogP contribution in [0.3, 0.4) is 0 Å².